The molecule has 0 N–H and O–H groups in total. The van der Waals surface area contributed by atoms with Gasteiger partial charge in [0.1, 0.15) is 24.0 Å². The summed E-state index contributed by atoms with van der Waals surface area (Å²) in [7, 11) is 0. The predicted octanol–water partition coefficient (Wildman–Crippen LogP) is 5.43. The second-order valence-corrected chi connectivity index (χ2v) is 5.69. The molecule has 0 saturated carbocycles. The smallest absolute Gasteiger partial charge is 0.146 e. The molecule has 0 aliphatic carbocycles. The maximum atomic E-state index is 13.8. The van der Waals surface area contributed by atoms with Gasteiger partial charge >= 0.3 is 0 Å². The minimum absolute atomic E-state index is 0.0766. The van der Waals surface area contributed by atoms with Crippen LogP contribution in [0.2, 0.25) is 0 Å². The number of benzene rings is 2. The fraction of sp³-hybridized carbons (Fsp3) is 0.250. The van der Waals surface area contributed by atoms with Crippen molar-refractivity contribution in [2.24, 2.45) is 0 Å². The van der Waals surface area contributed by atoms with Crippen LogP contribution in [0.5, 0.6) is 5.75 Å². The van der Waals surface area contributed by atoms with E-state index in [0.29, 0.717) is 11.7 Å². The number of hydrogen-bond acceptors (Lipinski definition) is 1. The monoisotopic (exact) mass is 340 g/mol. The minimum Gasteiger partial charge on any atom is -0.489 e. The van der Waals surface area contributed by atoms with Crippen molar-refractivity contribution in [3.05, 3.63) is 63.6 Å². The van der Waals surface area contributed by atoms with E-state index in [1.54, 1.807) is 0 Å². The predicted molar refractivity (Wildman–Crippen MR) is 78.9 cm³/mol. The van der Waals surface area contributed by atoms with Gasteiger partial charge in [-0.15, -0.1) is 0 Å². The third kappa shape index (κ3) is 3.37. The van der Waals surface area contributed by atoms with Crippen molar-refractivity contribution in [2.45, 2.75) is 26.4 Å². The van der Waals surface area contributed by atoms with Gasteiger partial charge in [0, 0.05) is 0 Å². The van der Waals surface area contributed by atoms with Crippen LogP contribution < -0.4 is 4.74 Å². The Morgan fingerprint density at radius 3 is 2.30 bits per heavy atom. The maximum absolute atomic E-state index is 13.8. The lowest BCUT2D eigenvalue weighted by Gasteiger charge is -2.10. The summed E-state index contributed by atoms with van der Waals surface area (Å²) in [5, 5.41) is 0. The molecule has 0 aliphatic rings. The highest BCUT2D eigenvalue weighted by atomic mass is 79.9. The molecule has 2 aromatic rings. The van der Waals surface area contributed by atoms with Gasteiger partial charge in [-0.05, 0) is 51.7 Å². The Morgan fingerprint density at radius 2 is 1.70 bits per heavy atom. The van der Waals surface area contributed by atoms with Crippen LogP contribution in [0.15, 0.2) is 40.9 Å². The second kappa shape index (κ2) is 6.35. The van der Waals surface area contributed by atoms with Crippen molar-refractivity contribution in [2.75, 3.05) is 0 Å². The Labute approximate surface area is 125 Å². The molecule has 106 valence electrons. The van der Waals surface area contributed by atoms with Crippen molar-refractivity contribution in [1.29, 1.82) is 0 Å². The first-order valence-corrected chi connectivity index (χ1v) is 7.13. The zero-order valence-electron chi connectivity index (χ0n) is 11.3. The molecule has 1 nitrogen and oxygen atoms in total. The standard InChI is InChI=1S/C16H15BrF2O/c1-10(2)11-3-5-12(6-4-11)20-9-13-15(18)8-7-14(17)16(13)19/h3-8,10H,9H2,1-2H3. The Hall–Kier alpha value is -1.42. The van der Waals surface area contributed by atoms with Crippen LogP contribution >= 0.6 is 15.9 Å². The molecule has 2 rings (SSSR count). The Morgan fingerprint density at radius 1 is 1.05 bits per heavy atom. The third-order valence-corrected chi connectivity index (χ3v) is 3.68. The van der Waals surface area contributed by atoms with E-state index in [1.165, 1.54) is 17.7 Å². The summed E-state index contributed by atoms with van der Waals surface area (Å²) >= 11 is 3.03. The molecule has 0 heterocycles. The van der Waals surface area contributed by atoms with Crippen LogP contribution in [0, 0.1) is 11.6 Å². The minimum atomic E-state index is -0.621. The highest BCUT2D eigenvalue weighted by molar-refractivity contribution is 9.10. The first-order valence-electron chi connectivity index (χ1n) is 6.34. The molecular weight excluding hydrogens is 326 g/mol. The Kier molecular flexibility index (Phi) is 4.76. The van der Waals surface area contributed by atoms with Crippen LogP contribution in [-0.2, 0) is 6.61 Å². The van der Waals surface area contributed by atoms with Crippen LogP contribution in [0.4, 0.5) is 8.78 Å². The molecule has 0 radical (unpaired) electrons. The molecule has 0 unspecified atom stereocenters. The molecule has 0 fully saturated rings. The zero-order chi connectivity index (χ0) is 14.7. The van der Waals surface area contributed by atoms with Gasteiger partial charge in [-0.1, -0.05) is 26.0 Å². The van der Waals surface area contributed by atoms with E-state index in [1.807, 2.05) is 24.3 Å². The topological polar surface area (TPSA) is 9.23 Å². The first kappa shape index (κ1) is 15.0. The van der Waals surface area contributed by atoms with E-state index in [4.69, 9.17) is 4.74 Å². The van der Waals surface area contributed by atoms with Crippen molar-refractivity contribution in [1.82, 2.24) is 0 Å². The van der Waals surface area contributed by atoms with Gasteiger partial charge in [0.25, 0.3) is 0 Å². The van der Waals surface area contributed by atoms with Gasteiger partial charge < -0.3 is 4.74 Å². The van der Waals surface area contributed by atoms with E-state index < -0.39 is 11.6 Å². The summed E-state index contributed by atoms with van der Waals surface area (Å²) in [6.07, 6.45) is 0. The lowest BCUT2D eigenvalue weighted by molar-refractivity contribution is 0.292. The van der Waals surface area contributed by atoms with Crippen molar-refractivity contribution in [3.8, 4) is 5.75 Å². The molecule has 0 aliphatic heterocycles. The van der Waals surface area contributed by atoms with E-state index >= 15 is 0 Å². The number of halogens is 3. The fourth-order valence-corrected chi connectivity index (χ4v) is 2.18. The van der Waals surface area contributed by atoms with Gasteiger partial charge in [-0.2, -0.15) is 0 Å². The van der Waals surface area contributed by atoms with Crippen LogP contribution in [0.3, 0.4) is 0 Å². The second-order valence-electron chi connectivity index (χ2n) is 4.83. The van der Waals surface area contributed by atoms with E-state index in [9.17, 15) is 8.78 Å². The zero-order valence-corrected chi connectivity index (χ0v) is 12.9. The molecule has 0 bridgehead atoms. The SMILES string of the molecule is CC(C)c1ccc(OCc2c(F)ccc(Br)c2F)cc1. The molecule has 4 heteroatoms. The summed E-state index contributed by atoms with van der Waals surface area (Å²) in [4.78, 5) is 0. The molecule has 0 atom stereocenters. The number of ether oxygens (including phenoxy) is 1. The van der Waals surface area contributed by atoms with Gasteiger partial charge in [0.2, 0.25) is 0 Å². The molecule has 0 saturated heterocycles. The van der Waals surface area contributed by atoms with Crippen molar-refractivity contribution < 1.29 is 13.5 Å². The Bertz CT molecular complexity index is 594. The normalized spacial score (nSPS) is 10.9. The van der Waals surface area contributed by atoms with Gasteiger partial charge in [0.15, 0.2) is 0 Å². The summed E-state index contributed by atoms with van der Waals surface area (Å²) in [5.74, 6) is -0.203. The average Bonchev–Trinajstić information content (AvgIpc) is 2.43. The largest absolute Gasteiger partial charge is 0.489 e. The highest BCUT2D eigenvalue weighted by Gasteiger charge is 2.13. The van der Waals surface area contributed by atoms with E-state index in [2.05, 4.69) is 29.8 Å². The lowest BCUT2D eigenvalue weighted by atomic mass is 10.0. The summed E-state index contributed by atoms with van der Waals surface area (Å²) < 4.78 is 33.0. The molecule has 0 amide bonds. The Balaban J connectivity index is 2.11. The van der Waals surface area contributed by atoms with Gasteiger partial charge in [0.05, 0.1) is 10.0 Å². The average molecular weight is 341 g/mol. The summed E-state index contributed by atoms with van der Waals surface area (Å²) in [6, 6.07) is 10.1. The van der Waals surface area contributed by atoms with Crippen molar-refractivity contribution in [3.63, 3.8) is 0 Å². The van der Waals surface area contributed by atoms with Gasteiger partial charge in [-0.3, -0.25) is 0 Å². The van der Waals surface area contributed by atoms with Gasteiger partial charge in [-0.25, -0.2) is 8.78 Å². The first-order chi connectivity index (χ1) is 9.49. The van der Waals surface area contributed by atoms with Crippen molar-refractivity contribution >= 4 is 15.9 Å². The highest BCUT2D eigenvalue weighted by Crippen LogP contribution is 2.24. The van der Waals surface area contributed by atoms with E-state index in [0.717, 1.165) is 0 Å². The number of hydrogen-bond donors (Lipinski definition) is 0. The molecule has 0 aromatic heterocycles. The number of rotatable bonds is 4. The summed E-state index contributed by atoms with van der Waals surface area (Å²) in [5.41, 5.74) is 1.12. The van der Waals surface area contributed by atoms with E-state index in [-0.39, 0.29) is 16.6 Å². The van der Waals surface area contributed by atoms with Crippen LogP contribution in [0.25, 0.3) is 0 Å². The molecule has 20 heavy (non-hydrogen) atoms. The quantitative estimate of drug-likeness (QED) is 0.674. The molecule has 0 spiro atoms. The molecule has 2 aromatic carbocycles. The summed E-state index contributed by atoms with van der Waals surface area (Å²) in [6.45, 7) is 4.06. The lowest BCUT2D eigenvalue weighted by Crippen LogP contribution is -2.02. The third-order valence-electron chi connectivity index (χ3n) is 3.07. The fourth-order valence-electron chi connectivity index (χ4n) is 1.81. The van der Waals surface area contributed by atoms with Crippen LogP contribution in [0.1, 0.15) is 30.9 Å². The molecular formula is C16H15BrF2O. The van der Waals surface area contributed by atoms with Crippen LogP contribution in [-0.4, -0.2) is 0 Å². The maximum Gasteiger partial charge on any atom is 0.146 e.